The molecule has 3 rings (SSSR count). The Balaban J connectivity index is 1.64. The summed E-state index contributed by atoms with van der Waals surface area (Å²) in [6.07, 6.45) is 4.83. The molecule has 0 N–H and O–H groups in total. The van der Waals surface area contributed by atoms with E-state index in [1.54, 1.807) is 35.8 Å². The minimum absolute atomic E-state index is 0.0248. The average molecular weight is 288 g/mol. The Kier molecular flexibility index (Phi) is 3.28. The highest BCUT2D eigenvalue weighted by molar-refractivity contribution is 5.76. The predicted octanol–water partition coefficient (Wildman–Crippen LogP) is -0.465. The zero-order valence-electron chi connectivity index (χ0n) is 11.9. The normalized spacial score (nSPS) is 15.0. The van der Waals surface area contributed by atoms with Gasteiger partial charge in [0.1, 0.15) is 6.54 Å². The molecule has 21 heavy (non-hydrogen) atoms. The molecule has 0 aliphatic carbocycles. The van der Waals surface area contributed by atoms with Gasteiger partial charge in [-0.1, -0.05) is 5.21 Å². The second kappa shape index (κ2) is 5.12. The highest BCUT2D eigenvalue weighted by Gasteiger charge is 2.32. The van der Waals surface area contributed by atoms with Crippen LogP contribution < -0.4 is 5.56 Å². The van der Waals surface area contributed by atoms with E-state index >= 15 is 0 Å². The van der Waals surface area contributed by atoms with Crippen LogP contribution in [-0.4, -0.2) is 48.4 Å². The van der Waals surface area contributed by atoms with Crippen molar-refractivity contribution in [2.45, 2.75) is 26.4 Å². The van der Waals surface area contributed by atoms with Crippen LogP contribution in [-0.2, 0) is 11.3 Å². The Bertz CT molecular complexity index is 715. The van der Waals surface area contributed by atoms with E-state index in [4.69, 9.17) is 0 Å². The number of likely N-dealkylation sites (tertiary alicyclic amines) is 1. The molecule has 0 unspecified atom stereocenters. The minimum Gasteiger partial charge on any atom is -0.337 e. The van der Waals surface area contributed by atoms with Gasteiger partial charge in [0.15, 0.2) is 0 Å². The van der Waals surface area contributed by atoms with E-state index in [0.29, 0.717) is 24.3 Å². The first-order chi connectivity index (χ1) is 10.1. The van der Waals surface area contributed by atoms with Crippen molar-refractivity contribution in [2.24, 2.45) is 0 Å². The first-order valence-electron chi connectivity index (χ1n) is 6.72. The highest BCUT2D eigenvalue weighted by atomic mass is 16.2. The van der Waals surface area contributed by atoms with Gasteiger partial charge >= 0.3 is 0 Å². The van der Waals surface area contributed by atoms with E-state index in [1.165, 1.54) is 10.9 Å². The third-order valence-electron chi connectivity index (χ3n) is 3.85. The lowest BCUT2D eigenvalue weighted by molar-refractivity contribution is -0.137. The van der Waals surface area contributed by atoms with Gasteiger partial charge in [-0.2, -0.15) is 0 Å². The number of aromatic nitrogens is 5. The van der Waals surface area contributed by atoms with Crippen molar-refractivity contribution in [1.82, 2.24) is 29.4 Å². The molecule has 0 radical (unpaired) electrons. The van der Waals surface area contributed by atoms with Crippen molar-refractivity contribution >= 4 is 5.91 Å². The van der Waals surface area contributed by atoms with Gasteiger partial charge in [0.05, 0.1) is 18.6 Å². The predicted molar refractivity (Wildman–Crippen MR) is 73.6 cm³/mol. The number of aryl methyl sites for hydroxylation is 1. The standard InChI is InChI=1S/C13H16N6O2/c1-9-10(2)14-8-18(13(9)21)7-12(20)17-5-11(6-17)19-4-3-15-16-19/h3-4,8,11H,5-7H2,1-2H3. The Labute approximate surface area is 121 Å². The molecule has 8 nitrogen and oxygen atoms in total. The molecule has 1 amide bonds. The molecule has 110 valence electrons. The summed E-state index contributed by atoms with van der Waals surface area (Å²) in [6.45, 7) is 4.71. The van der Waals surface area contributed by atoms with Crippen LogP contribution in [0.2, 0.25) is 0 Å². The second-order valence-corrected chi connectivity index (χ2v) is 5.22. The van der Waals surface area contributed by atoms with Crippen LogP contribution in [0.15, 0.2) is 23.5 Å². The summed E-state index contributed by atoms with van der Waals surface area (Å²) < 4.78 is 3.10. The molecule has 2 aromatic heterocycles. The van der Waals surface area contributed by atoms with E-state index in [0.717, 1.165) is 0 Å². The van der Waals surface area contributed by atoms with Crippen molar-refractivity contribution in [3.63, 3.8) is 0 Å². The molecular weight excluding hydrogens is 272 g/mol. The summed E-state index contributed by atoms with van der Waals surface area (Å²) in [4.78, 5) is 30.0. The largest absolute Gasteiger partial charge is 0.337 e. The Hall–Kier alpha value is -2.51. The van der Waals surface area contributed by atoms with Crippen LogP contribution in [0.5, 0.6) is 0 Å². The molecule has 8 heteroatoms. The molecule has 1 fully saturated rings. The summed E-state index contributed by atoms with van der Waals surface area (Å²) in [6, 6.07) is 0.172. The van der Waals surface area contributed by atoms with Crippen molar-refractivity contribution in [3.8, 4) is 0 Å². The van der Waals surface area contributed by atoms with Crippen LogP contribution >= 0.6 is 0 Å². The first kappa shape index (κ1) is 13.5. The van der Waals surface area contributed by atoms with E-state index in [9.17, 15) is 9.59 Å². The van der Waals surface area contributed by atoms with Gasteiger partial charge in [-0.3, -0.25) is 14.2 Å². The molecule has 0 bridgehead atoms. The molecule has 1 aliphatic heterocycles. The highest BCUT2D eigenvalue weighted by Crippen LogP contribution is 2.19. The second-order valence-electron chi connectivity index (χ2n) is 5.22. The van der Waals surface area contributed by atoms with Crippen LogP contribution in [0, 0.1) is 13.8 Å². The molecule has 0 spiro atoms. The zero-order valence-corrected chi connectivity index (χ0v) is 11.9. The number of rotatable bonds is 3. The van der Waals surface area contributed by atoms with Gasteiger partial charge in [-0.05, 0) is 13.8 Å². The van der Waals surface area contributed by atoms with E-state index < -0.39 is 0 Å². The third kappa shape index (κ3) is 2.44. The number of carbonyl (C=O) groups excluding carboxylic acids is 1. The molecule has 1 aliphatic rings. The topological polar surface area (TPSA) is 85.9 Å². The van der Waals surface area contributed by atoms with E-state index in [2.05, 4.69) is 15.3 Å². The number of nitrogens with zero attached hydrogens (tertiary/aromatic N) is 6. The van der Waals surface area contributed by atoms with Gasteiger partial charge < -0.3 is 4.90 Å². The molecule has 2 aromatic rings. The lowest BCUT2D eigenvalue weighted by atomic mass is 10.1. The maximum Gasteiger partial charge on any atom is 0.256 e. The fourth-order valence-corrected chi connectivity index (χ4v) is 2.27. The smallest absolute Gasteiger partial charge is 0.256 e. The summed E-state index contributed by atoms with van der Waals surface area (Å²) in [5, 5.41) is 7.66. The SMILES string of the molecule is Cc1ncn(CC(=O)N2CC(n3ccnn3)C2)c(=O)c1C. The lowest BCUT2D eigenvalue weighted by Gasteiger charge is -2.38. The molecule has 0 aromatic carbocycles. The third-order valence-corrected chi connectivity index (χ3v) is 3.85. The fraction of sp³-hybridized carbons (Fsp3) is 0.462. The summed E-state index contributed by atoms with van der Waals surface area (Å²) in [5.74, 6) is -0.0847. The number of hydrogen-bond acceptors (Lipinski definition) is 5. The number of amides is 1. The fourth-order valence-electron chi connectivity index (χ4n) is 2.27. The Morgan fingerprint density at radius 1 is 1.38 bits per heavy atom. The first-order valence-corrected chi connectivity index (χ1v) is 6.72. The van der Waals surface area contributed by atoms with Gasteiger partial charge in [0.25, 0.3) is 5.56 Å². The summed E-state index contributed by atoms with van der Waals surface area (Å²) >= 11 is 0. The van der Waals surface area contributed by atoms with Gasteiger partial charge in [0, 0.05) is 30.5 Å². The van der Waals surface area contributed by atoms with Crippen molar-refractivity contribution < 1.29 is 4.79 Å². The summed E-state index contributed by atoms with van der Waals surface area (Å²) in [7, 11) is 0. The number of hydrogen-bond donors (Lipinski definition) is 0. The monoisotopic (exact) mass is 288 g/mol. The van der Waals surface area contributed by atoms with Crippen LogP contribution in [0.25, 0.3) is 0 Å². The molecule has 0 atom stereocenters. The molecule has 1 saturated heterocycles. The van der Waals surface area contributed by atoms with Crippen LogP contribution in [0.3, 0.4) is 0 Å². The molecule has 3 heterocycles. The maximum atomic E-state index is 12.2. The van der Waals surface area contributed by atoms with Crippen LogP contribution in [0.4, 0.5) is 0 Å². The minimum atomic E-state index is -0.163. The van der Waals surface area contributed by atoms with Crippen LogP contribution in [0.1, 0.15) is 17.3 Å². The van der Waals surface area contributed by atoms with Gasteiger partial charge in [-0.15, -0.1) is 5.10 Å². The van der Waals surface area contributed by atoms with Crippen molar-refractivity contribution in [3.05, 3.63) is 40.3 Å². The Morgan fingerprint density at radius 3 is 2.81 bits per heavy atom. The molecular formula is C13H16N6O2. The Morgan fingerprint density at radius 2 is 2.14 bits per heavy atom. The van der Waals surface area contributed by atoms with Gasteiger partial charge in [-0.25, -0.2) is 9.67 Å². The van der Waals surface area contributed by atoms with Crippen molar-refractivity contribution in [2.75, 3.05) is 13.1 Å². The molecule has 0 saturated carbocycles. The number of carbonyl (C=O) groups is 1. The lowest BCUT2D eigenvalue weighted by Crippen LogP contribution is -2.52. The van der Waals surface area contributed by atoms with E-state index in [-0.39, 0.29) is 24.1 Å². The zero-order chi connectivity index (χ0) is 15.0. The summed E-state index contributed by atoms with van der Waals surface area (Å²) in [5.41, 5.74) is 1.11. The quantitative estimate of drug-likeness (QED) is 0.762. The van der Waals surface area contributed by atoms with Crippen molar-refractivity contribution in [1.29, 1.82) is 0 Å². The van der Waals surface area contributed by atoms with Gasteiger partial charge in [0.2, 0.25) is 5.91 Å². The van der Waals surface area contributed by atoms with E-state index in [1.807, 2.05) is 0 Å². The maximum absolute atomic E-state index is 12.2. The average Bonchev–Trinajstić information content (AvgIpc) is 2.92.